The van der Waals surface area contributed by atoms with Gasteiger partial charge in [0.1, 0.15) is 17.8 Å². The summed E-state index contributed by atoms with van der Waals surface area (Å²) >= 11 is 0. The zero-order valence-electron chi connectivity index (χ0n) is 23.9. The molecule has 12 heteroatoms. The molecule has 0 N–H and O–H groups in total. The largest absolute Gasteiger partial charge is 0.477 e. The molecular weight excluding hydrogens is 537 g/mol. The molecule has 41 heavy (non-hydrogen) atoms. The van der Waals surface area contributed by atoms with Gasteiger partial charge in [-0.3, -0.25) is 0 Å². The molecule has 3 atom stereocenters. The minimum Gasteiger partial charge on any atom is -0.477 e. The Bertz CT molecular complexity index is 1210. The second-order valence-corrected chi connectivity index (χ2v) is 11.0. The number of aromatic nitrogens is 2. The number of ether oxygens (including phenoxy) is 2. The number of rotatable bonds is 7. The normalized spacial score (nSPS) is 23.8. The Morgan fingerprint density at radius 2 is 1.88 bits per heavy atom. The molecule has 0 radical (unpaired) electrons. The Hall–Kier alpha value is -3.28. The summed E-state index contributed by atoms with van der Waals surface area (Å²) in [6.07, 6.45) is -0.832. The van der Waals surface area contributed by atoms with Gasteiger partial charge in [-0.15, -0.1) is 0 Å². The van der Waals surface area contributed by atoms with Gasteiger partial charge in [0.25, 0.3) is 0 Å². The Morgan fingerprint density at radius 1 is 1.05 bits per heavy atom. The fourth-order valence-electron chi connectivity index (χ4n) is 6.09. The van der Waals surface area contributed by atoms with Gasteiger partial charge in [0, 0.05) is 51.5 Å². The van der Waals surface area contributed by atoms with E-state index in [2.05, 4.69) is 21.8 Å². The number of alkyl halides is 3. The van der Waals surface area contributed by atoms with Crippen LogP contribution in [-0.2, 0) is 0 Å². The van der Waals surface area contributed by atoms with Crippen LogP contribution in [-0.4, -0.2) is 108 Å². The van der Waals surface area contributed by atoms with Gasteiger partial charge in [0.05, 0.1) is 17.9 Å². The van der Waals surface area contributed by atoms with Crippen LogP contribution in [0.3, 0.4) is 0 Å². The molecule has 0 aliphatic carbocycles. The summed E-state index contributed by atoms with van der Waals surface area (Å²) in [4.78, 5) is 29.6. The van der Waals surface area contributed by atoms with Crippen molar-refractivity contribution in [3.8, 4) is 23.0 Å². The van der Waals surface area contributed by atoms with Crippen LogP contribution in [0.2, 0.25) is 0 Å². The van der Waals surface area contributed by atoms with E-state index in [1.54, 1.807) is 11.1 Å². The molecule has 3 aliphatic rings. The van der Waals surface area contributed by atoms with E-state index in [-0.39, 0.29) is 25.1 Å². The molecular formula is C29H39F3N6O3. The molecule has 2 amide bonds. The third kappa shape index (κ3) is 6.32. The first-order valence-electron chi connectivity index (χ1n) is 14.5. The number of nitrogens with zero attached hydrogens (tertiary/aromatic N) is 6. The summed E-state index contributed by atoms with van der Waals surface area (Å²) in [6, 6.07) is 5.33. The van der Waals surface area contributed by atoms with Crippen molar-refractivity contribution in [1.29, 1.82) is 0 Å². The van der Waals surface area contributed by atoms with E-state index in [1.807, 2.05) is 38.1 Å². The highest BCUT2D eigenvalue weighted by molar-refractivity contribution is 5.76. The van der Waals surface area contributed by atoms with Gasteiger partial charge in [0.15, 0.2) is 0 Å². The monoisotopic (exact) mass is 576 g/mol. The van der Waals surface area contributed by atoms with Crippen LogP contribution in [0.1, 0.15) is 39.5 Å². The highest BCUT2D eigenvalue weighted by Crippen LogP contribution is 2.37. The van der Waals surface area contributed by atoms with Crippen LogP contribution >= 0.6 is 0 Å². The van der Waals surface area contributed by atoms with Crippen LogP contribution in [0.5, 0.6) is 11.8 Å². The maximum Gasteiger partial charge on any atom is 0.408 e. The van der Waals surface area contributed by atoms with Crippen molar-refractivity contribution in [2.45, 2.75) is 63.9 Å². The summed E-state index contributed by atoms with van der Waals surface area (Å²) in [5.74, 6) is 1.00. The van der Waals surface area contributed by atoms with E-state index in [9.17, 15) is 18.0 Å². The number of urea groups is 1. The Labute approximate surface area is 239 Å². The van der Waals surface area contributed by atoms with Crippen molar-refractivity contribution >= 4 is 11.7 Å². The lowest BCUT2D eigenvalue weighted by Crippen LogP contribution is -2.59. The average Bonchev–Trinajstić information content (AvgIpc) is 3.62. The predicted molar refractivity (Wildman–Crippen MR) is 149 cm³/mol. The molecule has 5 rings (SSSR count). The van der Waals surface area contributed by atoms with Crippen molar-refractivity contribution in [2.75, 3.05) is 57.8 Å². The number of piperazine rings is 1. The number of carbonyl (C=O) groups excluding carboxylic acids is 1. The number of hydrogen-bond donors (Lipinski definition) is 0. The minimum absolute atomic E-state index is 0.0147. The lowest BCUT2D eigenvalue weighted by molar-refractivity contribution is -0.170. The lowest BCUT2D eigenvalue weighted by Gasteiger charge is -2.44. The second-order valence-electron chi connectivity index (χ2n) is 11.0. The Balaban J connectivity index is 1.41. The van der Waals surface area contributed by atoms with Gasteiger partial charge >= 0.3 is 12.2 Å². The Kier molecular flexibility index (Phi) is 8.77. The first-order chi connectivity index (χ1) is 19.7. The average molecular weight is 577 g/mol. The van der Waals surface area contributed by atoms with Gasteiger partial charge in [-0.1, -0.05) is 6.92 Å². The first kappa shape index (κ1) is 29.2. The molecule has 2 aromatic rings. The van der Waals surface area contributed by atoms with Crippen LogP contribution in [0.4, 0.5) is 23.7 Å². The molecule has 3 aliphatic heterocycles. The van der Waals surface area contributed by atoms with Crippen LogP contribution in [0.15, 0.2) is 30.5 Å². The van der Waals surface area contributed by atoms with E-state index in [1.165, 1.54) is 0 Å². The first-order valence-corrected chi connectivity index (χ1v) is 14.5. The van der Waals surface area contributed by atoms with E-state index < -0.39 is 18.2 Å². The van der Waals surface area contributed by atoms with Crippen LogP contribution < -0.4 is 14.4 Å². The molecule has 0 unspecified atom stereocenters. The number of pyridine rings is 2. The highest BCUT2D eigenvalue weighted by atomic mass is 19.4. The molecule has 3 saturated heterocycles. The number of anilines is 1. The zero-order chi connectivity index (χ0) is 29.1. The molecule has 3 fully saturated rings. The quantitative estimate of drug-likeness (QED) is 0.474. The fraction of sp³-hybridized carbons (Fsp3) is 0.621. The van der Waals surface area contributed by atoms with Gasteiger partial charge in [-0.25, -0.2) is 14.8 Å². The van der Waals surface area contributed by atoms with Gasteiger partial charge in [0.2, 0.25) is 11.8 Å². The fourth-order valence-corrected chi connectivity index (χ4v) is 6.09. The number of carbonyl (C=O) groups is 1. The van der Waals surface area contributed by atoms with E-state index in [4.69, 9.17) is 14.5 Å². The van der Waals surface area contributed by atoms with Crippen LogP contribution in [0.25, 0.3) is 11.3 Å². The van der Waals surface area contributed by atoms with Crippen molar-refractivity contribution in [2.24, 2.45) is 0 Å². The third-order valence-electron chi connectivity index (χ3n) is 8.21. The predicted octanol–water partition coefficient (Wildman–Crippen LogP) is 4.67. The van der Waals surface area contributed by atoms with Gasteiger partial charge < -0.3 is 29.1 Å². The van der Waals surface area contributed by atoms with E-state index in [0.717, 1.165) is 35.7 Å². The summed E-state index contributed by atoms with van der Waals surface area (Å²) in [6.45, 7) is 7.39. The SMILES string of the molecule is CCOc1ncccc1-c1ccc(N2CCN(C(=O)N3CCC[C@H]3C(F)(F)F)C[C@H]2CC)c(O[C@@H]2CCN(C)C2)n1. The summed E-state index contributed by atoms with van der Waals surface area (Å²) < 4.78 is 53.0. The summed E-state index contributed by atoms with van der Waals surface area (Å²) in [5, 5.41) is 0. The maximum atomic E-state index is 13.6. The van der Waals surface area contributed by atoms with Gasteiger partial charge in [-0.2, -0.15) is 13.2 Å². The lowest BCUT2D eigenvalue weighted by atomic mass is 10.1. The molecule has 0 bridgehead atoms. The second kappa shape index (κ2) is 12.3. The summed E-state index contributed by atoms with van der Waals surface area (Å²) in [7, 11) is 2.06. The summed E-state index contributed by atoms with van der Waals surface area (Å²) in [5.41, 5.74) is 2.26. The highest BCUT2D eigenvalue weighted by Gasteiger charge is 2.49. The molecule has 224 valence electrons. The molecule has 2 aromatic heterocycles. The van der Waals surface area contributed by atoms with Crippen molar-refractivity contribution < 1.29 is 27.4 Å². The molecule has 5 heterocycles. The van der Waals surface area contributed by atoms with Gasteiger partial charge in [-0.05, 0) is 63.9 Å². The number of hydrogen-bond acceptors (Lipinski definition) is 7. The number of halogens is 3. The van der Waals surface area contributed by atoms with E-state index >= 15 is 0 Å². The van der Waals surface area contributed by atoms with Crippen molar-refractivity contribution in [1.82, 2.24) is 24.7 Å². The van der Waals surface area contributed by atoms with Crippen molar-refractivity contribution in [3.63, 3.8) is 0 Å². The third-order valence-corrected chi connectivity index (χ3v) is 8.21. The molecule has 0 saturated carbocycles. The number of likely N-dealkylation sites (tertiary alicyclic amines) is 2. The maximum absolute atomic E-state index is 13.6. The minimum atomic E-state index is -4.41. The smallest absolute Gasteiger partial charge is 0.408 e. The number of amides is 2. The molecule has 0 aromatic carbocycles. The standard InChI is InChI=1S/C29H39F3N6O3/c1-4-20-18-36(28(39)38-14-7-9-25(38)29(30,31)32)16-17-37(20)24-11-10-23(22-8-6-13-33-26(22)40-5-2)34-27(24)41-21-12-15-35(3)19-21/h6,8,10-11,13,20-21,25H,4-5,7,9,12,14-19H2,1-3H3/t20-,21-,25+/m1/s1. The van der Waals surface area contributed by atoms with Crippen molar-refractivity contribution in [3.05, 3.63) is 30.5 Å². The van der Waals surface area contributed by atoms with Crippen LogP contribution in [0, 0.1) is 0 Å². The van der Waals surface area contributed by atoms with E-state index in [0.29, 0.717) is 56.5 Å². The zero-order valence-corrected chi connectivity index (χ0v) is 23.9. The molecule has 9 nitrogen and oxygen atoms in total. The molecule has 0 spiro atoms. The number of likely N-dealkylation sites (N-methyl/N-ethyl adjacent to an activating group) is 1. The Morgan fingerprint density at radius 3 is 2.59 bits per heavy atom. The topological polar surface area (TPSA) is 74.3 Å².